The zero-order valence-corrected chi connectivity index (χ0v) is 13.6. The zero-order valence-electron chi connectivity index (χ0n) is 13.6. The highest BCUT2D eigenvalue weighted by molar-refractivity contribution is 5.75. The van der Waals surface area contributed by atoms with Crippen molar-refractivity contribution in [2.45, 2.75) is 44.9 Å². The second-order valence-corrected chi connectivity index (χ2v) is 6.11. The lowest BCUT2D eigenvalue weighted by molar-refractivity contribution is -0.138. The van der Waals surface area contributed by atoms with Crippen LogP contribution in [0, 0.1) is 0 Å². The van der Waals surface area contributed by atoms with E-state index in [-0.39, 0.29) is 0 Å². The number of rotatable bonds is 5. The van der Waals surface area contributed by atoms with E-state index in [0.717, 1.165) is 30.0 Å². The second-order valence-electron chi connectivity index (χ2n) is 6.11. The molecule has 5 nitrogen and oxygen atoms in total. The average molecular weight is 345 g/mol. The first-order valence-electron chi connectivity index (χ1n) is 8.06. The summed E-state index contributed by atoms with van der Waals surface area (Å²) >= 11 is 0. The molecule has 2 heterocycles. The van der Waals surface area contributed by atoms with Crippen molar-refractivity contribution in [2.24, 2.45) is 0 Å². The van der Waals surface area contributed by atoms with Crippen LogP contribution in [-0.4, -0.2) is 41.1 Å². The fraction of sp³-hybridized carbons (Fsp3) is 0.625. The van der Waals surface area contributed by atoms with Crippen LogP contribution >= 0.6 is 0 Å². The van der Waals surface area contributed by atoms with Gasteiger partial charge in [0.05, 0.1) is 5.56 Å². The molecule has 1 atom stereocenters. The van der Waals surface area contributed by atoms with Crippen LogP contribution in [0.3, 0.4) is 0 Å². The van der Waals surface area contributed by atoms with E-state index in [1.807, 2.05) is 0 Å². The van der Waals surface area contributed by atoms with Gasteiger partial charge in [-0.25, -0.2) is 0 Å². The minimum Gasteiger partial charge on any atom is -0.353 e. The van der Waals surface area contributed by atoms with Crippen LogP contribution in [0.4, 0.5) is 13.2 Å². The summed E-state index contributed by atoms with van der Waals surface area (Å²) in [4.78, 5) is 25.8. The highest BCUT2D eigenvalue weighted by Crippen LogP contribution is 2.27. The van der Waals surface area contributed by atoms with Crippen molar-refractivity contribution in [3.05, 3.63) is 34.2 Å². The maximum atomic E-state index is 12.7. The SMILES string of the molecule is CC1CCCCN1CCNC(=O)Cn1cc(C(F)(F)F)ccc1=O. The van der Waals surface area contributed by atoms with Gasteiger partial charge in [0.25, 0.3) is 5.56 Å². The molecule has 24 heavy (non-hydrogen) atoms. The molecule has 1 N–H and O–H groups in total. The normalized spacial score (nSPS) is 19.2. The van der Waals surface area contributed by atoms with Crippen molar-refractivity contribution in [1.82, 2.24) is 14.8 Å². The molecule has 0 aliphatic carbocycles. The molecule has 0 radical (unpaired) electrons. The number of pyridine rings is 1. The van der Waals surface area contributed by atoms with Crippen LogP contribution in [0.25, 0.3) is 0 Å². The Hall–Kier alpha value is -1.83. The topological polar surface area (TPSA) is 54.3 Å². The summed E-state index contributed by atoms with van der Waals surface area (Å²) in [5.74, 6) is -0.471. The van der Waals surface area contributed by atoms with E-state index in [1.54, 1.807) is 0 Å². The Kier molecular flexibility index (Phi) is 6.04. The van der Waals surface area contributed by atoms with E-state index in [9.17, 15) is 22.8 Å². The molecule has 0 saturated carbocycles. The van der Waals surface area contributed by atoms with E-state index in [4.69, 9.17) is 0 Å². The zero-order chi connectivity index (χ0) is 17.7. The lowest BCUT2D eigenvalue weighted by Crippen LogP contribution is -2.43. The van der Waals surface area contributed by atoms with Crippen molar-refractivity contribution in [2.75, 3.05) is 19.6 Å². The fourth-order valence-electron chi connectivity index (χ4n) is 2.86. The number of amides is 1. The third-order valence-electron chi connectivity index (χ3n) is 4.29. The van der Waals surface area contributed by atoms with E-state index in [2.05, 4.69) is 17.1 Å². The Labute approximate surface area is 138 Å². The van der Waals surface area contributed by atoms with Crippen molar-refractivity contribution >= 4 is 5.91 Å². The molecule has 1 aliphatic heterocycles. The maximum absolute atomic E-state index is 12.7. The quantitative estimate of drug-likeness (QED) is 0.886. The highest BCUT2D eigenvalue weighted by Gasteiger charge is 2.31. The standard InChI is InChI=1S/C16H22F3N3O2/c1-12-4-2-3-8-21(12)9-7-20-14(23)11-22-10-13(16(17,18)19)5-6-15(22)24/h5-6,10,12H,2-4,7-9,11H2,1H3,(H,20,23). The molecule has 1 unspecified atom stereocenters. The van der Waals surface area contributed by atoms with Gasteiger partial charge in [0.2, 0.25) is 5.91 Å². The molecule has 0 aromatic carbocycles. The number of carbonyl (C=O) groups excluding carboxylic acids is 1. The molecule has 1 aliphatic rings. The van der Waals surface area contributed by atoms with E-state index in [1.165, 1.54) is 6.42 Å². The molecule has 1 aromatic heterocycles. The van der Waals surface area contributed by atoms with Crippen molar-refractivity contribution < 1.29 is 18.0 Å². The lowest BCUT2D eigenvalue weighted by atomic mass is 10.0. The van der Waals surface area contributed by atoms with Gasteiger partial charge in [-0.2, -0.15) is 13.2 Å². The molecule has 1 fully saturated rings. The Morgan fingerprint density at radius 3 is 2.75 bits per heavy atom. The first-order chi connectivity index (χ1) is 11.3. The first kappa shape index (κ1) is 18.5. The predicted molar refractivity (Wildman–Crippen MR) is 83.6 cm³/mol. The first-order valence-corrected chi connectivity index (χ1v) is 8.06. The van der Waals surface area contributed by atoms with Gasteiger partial charge in [0.1, 0.15) is 6.54 Å². The molecule has 8 heteroatoms. The number of nitrogens with zero attached hydrogens (tertiary/aromatic N) is 2. The predicted octanol–water partition coefficient (Wildman–Crippen LogP) is 1.86. The third kappa shape index (κ3) is 5.09. The number of piperidine rings is 1. The highest BCUT2D eigenvalue weighted by atomic mass is 19.4. The number of nitrogens with one attached hydrogen (secondary N) is 1. The Bertz CT molecular complexity index is 628. The Balaban J connectivity index is 1.87. The molecule has 1 aromatic rings. The van der Waals surface area contributed by atoms with Gasteiger partial charge < -0.3 is 9.88 Å². The van der Waals surface area contributed by atoms with Gasteiger partial charge in [-0.3, -0.25) is 14.5 Å². The van der Waals surface area contributed by atoms with Gasteiger partial charge in [-0.15, -0.1) is 0 Å². The van der Waals surface area contributed by atoms with E-state index in [0.29, 0.717) is 31.4 Å². The number of likely N-dealkylation sites (tertiary alicyclic amines) is 1. The Morgan fingerprint density at radius 1 is 1.33 bits per heavy atom. The van der Waals surface area contributed by atoms with Gasteiger partial charge >= 0.3 is 6.18 Å². The number of hydrogen-bond acceptors (Lipinski definition) is 3. The smallest absolute Gasteiger partial charge is 0.353 e. The van der Waals surface area contributed by atoms with Crippen LogP contribution in [0.15, 0.2) is 23.1 Å². The summed E-state index contributed by atoms with van der Waals surface area (Å²) in [5.41, 5.74) is -1.58. The lowest BCUT2D eigenvalue weighted by Gasteiger charge is -2.33. The van der Waals surface area contributed by atoms with Crippen molar-refractivity contribution in [3.8, 4) is 0 Å². The van der Waals surface area contributed by atoms with E-state index >= 15 is 0 Å². The average Bonchev–Trinajstić information content (AvgIpc) is 2.50. The van der Waals surface area contributed by atoms with Crippen LogP contribution in [0.5, 0.6) is 0 Å². The minimum absolute atomic E-state index is 0.414. The summed E-state index contributed by atoms with van der Waals surface area (Å²) in [6.45, 7) is 3.83. The monoisotopic (exact) mass is 345 g/mol. The van der Waals surface area contributed by atoms with Crippen LogP contribution < -0.4 is 10.9 Å². The molecule has 134 valence electrons. The third-order valence-corrected chi connectivity index (χ3v) is 4.29. The largest absolute Gasteiger partial charge is 0.417 e. The number of carbonyl (C=O) groups is 1. The number of hydrogen-bond donors (Lipinski definition) is 1. The summed E-state index contributed by atoms with van der Waals surface area (Å²) in [5, 5.41) is 2.66. The summed E-state index contributed by atoms with van der Waals surface area (Å²) in [6.07, 6.45) is -0.390. The molecule has 0 spiro atoms. The van der Waals surface area contributed by atoms with Gasteiger partial charge in [-0.1, -0.05) is 6.42 Å². The van der Waals surface area contributed by atoms with Gasteiger partial charge in [0, 0.05) is 31.4 Å². The van der Waals surface area contributed by atoms with E-state index < -0.39 is 29.8 Å². The molecular formula is C16H22F3N3O2. The van der Waals surface area contributed by atoms with Crippen LogP contribution in [0.1, 0.15) is 31.7 Å². The Morgan fingerprint density at radius 2 is 2.08 bits per heavy atom. The number of halogens is 3. The summed E-state index contributed by atoms with van der Waals surface area (Å²) in [6, 6.07) is 2.02. The molecule has 1 amide bonds. The molecule has 1 saturated heterocycles. The molecular weight excluding hydrogens is 323 g/mol. The minimum atomic E-state index is -4.55. The summed E-state index contributed by atoms with van der Waals surface area (Å²) in [7, 11) is 0. The van der Waals surface area contributed by atoms with Gasteiger partial charge in [-0.05, 0) is 32.4 Å². The van der Waals surface area contributed by atoms with Crippen molar-refractivity contribution in [1.29, 1.82) is 0 Å². The van der Waals surface area contributed by atoms with Crippen molar-refractivity contribution in [3.63, 3.8) is 0 Å². The van der Waals surface area contributed by atoms with Crippen LogP contribution in [0.2, 0.25) is 0 Å². The fourth-order valence-corrected chi connectivity index (χ4v) is 2.86. The number of aromatic nitrogens is 1. The maximum Gasteiger partial charge on any atom is 0.417 e. The molecule has 0 bridgehead atoms. The van der Waals surface area contributed by atoms with Crippen LogP contribution in [-0.2, 0) is 17.5 Å². The number of alkyl halides is 3. The van der Waals surface area contributed by atoms with Gasteiger partial charge in [0.15, 0.2) is 0 Å². The molecule has 2 rings (SSSR count). The summed E-state index contributed by atoms with van der Waals surface area (Å²) < 4.78 is 38.8. The second kappa shape index (κ2) is 7.83.